The molecule has 0 saturated carbocycles. The molecule has 1 aromatic rings. The minimum Gasteiger partial charge on any atom is -0.350 e. The monoisotopic (exact) mass is 283 g/mol. The van der Waals surface area contributed by atoms with Crippen LogP contribution in [0.2, 0.25) is 0 Å². The molecule has 0 radical (unpaired) electrons. The summed E-state index contributed by atoms with van der Waals surface area (Å²) < 4.78 is 3.86. The van der Waals surface area contributed by atoms with E-state index in [0.717, 1.165) is 43.2 Å². The number of nitrogens with zero attached hydrogens (tertiary/aromatic N) is 4. The molecule has 0 aromatic carbocycles. The Labute approximate surface area is 117 Å². The number of aryl methyl sites for hydroxylation is 1. The Morgan fingerprint density at radius 1 is 1.37 bits per heavy atom. The molecule has 1 aliphatic rings. The highest BCUT2D eigenvalue weighted by Crippen LogP contribution is 2.08. The summed E-state index contributed by atoms with van der Waals surface area (Å²) in [5.41, 5.74) is 0.904. The van der Waals surface area contributed by atoms with Gasteiger partial charge in [0.25, 0.3) is 0 Å². The van der Waals surface area contributed by atoms with Crippen molar-refractivity contribution in [3.8, 4) is 0 Å². The molecule has 106 valence electrons. The Balaban J connectivity index is 1.73. The van der Waals surface area contributed by atoms with Crippen molar-refractivity contribution in [1.82, 2.24) is 24.7 Å². The highest BCUT2D eigenvalue weighted by molar-refractivity contribution is 7.05. The Hall–Kier alpha value is -1.05. The molecule has 6 nitrogen and oxygen atoms in total. The lowest BCUT2D eigenvalue weighted by molar-refractivity contribution is -0.122. The molecule has 0 atom stereocenters. The minimum absolute atomic E-state index is 0.0809. The molecule has 2 heterocycles. The first kappa shape index (κ1) is 14.4. The third kappa shape index (κ3) is 4.52. The predicted octanol–water partition coefficient (Wildman–Crippen LogP) is 0.100. The van der Waals surface area contributed by atoms with Gasteiger partial charge < -0.3 is 10.2 Å². The van der Waals surface area contributed by atoms with Crippen LogP contribution >= 0.6 is 11.5 Å². The molecule has 7 heteroatoms. The molecule has 1 amide bonds. The van der Waals surface area contributed by atoms with Crippen LogP contribution in [0.3, 0.4) is 0 Å². The van der Waals surface area contributed by atoms with Crippen LogP contribution in [0.1, 0.15) is 17.0 Å². The van der Waals surface area contributed by atoms with Crippen molar-refractivity contribution in [2.45, 2.75) is 19.9 Å². The van der Waals surface area contributed by atoms with Crippen LogP contribution in [-0.2, 0) is 11.3 Å². The van der Waals surface area contributed by atoms with Crippen LogP contribution in [-0.4, -0.2) is 65.1 Å². The van der Waals surface area contributed by atoms with Crippen molar-refractivity contribution in [2.24, 2.45) is 0 Å². The van der Waals surface area contributed by atoms with E-state index in [2.05, 4.69) is 31.8 Å². The number of hydrogen-bond donors (Lipinski definition) is 1. The van der Waals surface area contributed by atoms with E-state index < -0.39 is 0 Å². The molecule has 19 heavy (non-hydrogen) atoms. The van der Waals surface area contributed by atoms with Crippen LogP contribution in [0.5, 0.6) is 0 Å². The molecule has 2 rings (SSSR count). The molecule has 1 N–H and O–H groups in total. The van der Waals surface area contributed by atoms with Gasteiger partial charge in [0.1, 0.15) is 0 Å². The number of likely N-dealkylation sites (N-methyl/N-ethyl adjacent to an activating group) is 1. The minimum atomic E-state index is 0.0809. The summed E-state index contributed by atoms with van der Waals surface area (Å²) in [6.07, 6.45) is 1.13. The summed E-state index contributed by atoms with van der Waals surface area (Å²) in [5, 5.41) is 6.87. The number of nitrogens with one attached hydrogen (secondary N) is 1. The smallest absolute Gasteiger partial charge is 0.234 e. The van der Waals surface area contributed by atoms with Gasteiger partial charge in [-0.1, -0.05) is 4.49 Å². The topological polar surface area (TPSA) is 61.4 Å². The average molecular weight is 283 g/mol. The Kier molecular flexibility index (Phi) is 5.24. The highest BCUT2D eigenvalue weighted by Gasteiger charge is 2.15. The van der Waals surface area contributed by atoms with E-state index in [1.165, 1.54) is 11.5 Å². The van der Waals surface area contributed by atoms with E-state index in [-0.39, 0.29) is 5.91 Å². The SMILES string of the molecule is Cc1nnsc1CNC(=O)CN1CCCN(C)CC1. The van der Waals surface area contributed by atoms with Crippen molar-refractivity contribution in [2.75, 3.05) is 39.8 Å². The van der Waals surface area contributed by atoms with Crippen molar-refractivity contribution in [3.63, 3.8) is 0 Å². The summed E-state index contributed by atoms with van der Waals surface area (Å²) in [4.78, 5) is 17.5. The number of carbonyl (C=O) groups is 1. The lowest BCUT2D eigenvalue weighted by atomic mass is 10.3. The number of hydrogen-bond acceptors (Lipinski definition) is 6. The highest BCUT2D eigenvalue weighted by atomic mass is 32.1. The first-order chi connectivity index (χ1) is 9.15. The zero-order valence-electron chi connectivity index (χ0n) is 11.6. The number of amides is 1. The molecule has 0 unspecified atom stereocenters. The van der Waals surface area contributed by atoms with Gasteiger partial charge >= 0.3 is 0 Å². The molecule has 1 aromatic heterocycles. The van der Waals surface area contributed by atoms with Crippen LogP contribution in [0.25, 0.3) is 0 Å². The van der Waals surface area contributed by atoms with Gasteiger partial charge in [-0.25, -0.2) is 0 Å². The first-order valence-electron chi connectivity index (χ1n) is 6.60. The van der Waals surface area contributed by atoms with Gasteiger partial charge in [0.2, 0.25) is 5.91 Å². The van der Waals surface area contributed by atoms with Gasteiger partial charge in [-0.15, -0.1) is 5.10 Å². The molecule has 0 bridgehead atoms. The lowest BCUT2D eigenvalue weighted by Crippen LogP contribution is -2.38. The van der Waals surface area contributed by atoms with E-state index in [1.807, 2.05) is 6.92 Å². The second-order valence-electron chi connectivity index (χ2n) is 4.99. The van der Waals surface area contributed by atoms with Crippen molar-refractivity contribution >= 4 is 17.4 Å². The number of aromatic nitrogens is 2. The first-order valence-corrected chi connectivity index (χ1v) is 7.38. The zero-order chi connectivity index (χ0) is 13.7. The van der Waals surface area contributed by atoms with Gasteiger partial charge in [-0.05, 0) is 45.0 Å². The van der Waals surface area contributed by atoms with E-state index in [1.54, 1.807) is 0 Å². The second kappa shape index (κ2) is 6.93. The van der Waals surface area contributed by atoms with Crippen molar-refractivity contribution in [1.29, 1.82) is 0 Å². The summed E-state index contributed by atoms with van der Waals surface area (Å²) in [6.45, 7) is 7.05. The van der Waals surface area contributed by atoms with Crippen LogP contribution in [0, 0.1) is 6.92 Å². The Bertz CT molecular complexity index is 422. The van der Waals surface area contributed by atoms with E-state index in [4.69, 9.17) is 0 Å². The van der Waals surface area contributed by atoms with Crippen molar-refractivity contribution in [3.05, 3.63) is 10.6 Å². The predicted molar refractivity (Wildman–Crippen MR) is 75.0 cm³/mol. The Morgan fingerprint density at radius 2 is 2.21 bits per heavy atom. The fraction of sp³-hybridized carbons (Fsp3) is 0.750. The van der Waals surface area contributed by atoms with Gasteiger partial charge in [-0.3, -0.25) is 9.69 Å². The van der Waals surface area contributed by atoms with E-state index >= 15 is 0 Å². The molecule has 1 saturated heterocycles. The Morgan fingerprint density at radius 3 is 2.95 bits per heavy atom. The average Bonchev–Trinajstić information content (AvgIpc) is 2.67. The molecule has 1 fully saturated rings. The number of carbonyl (C=O) groups excluding carboxylic acids is 1. The second-order valence-corrected chi connectivity index (χ2v) is 5.83. The van der Waals surface area contributed by atoms with E-state index in [0.29, 0.717) is 13.1 Å². The van der Waals surface area contributed by atoms with Gasteiger partial charge in [-0.2, -0.15) is 0 Å². The van der Waals surface area contributed by atoms with Gasteiger partial charge in [0.15, 0.2) is 0 Å². The normalized spacial score (nSPS) is 18.2. The zero-order valence-corrected chi connectivity index (χ0v) is 12.4. The fourth-order valence-corrected chi connectivity index (χ4v) is 2.68. The molecule has 0 spiro atoms. The summed E-state index contributed by atoms with van der Waals surface area (Å²) in [6, 6.07) is 0. The quantitative estimate of drug-likeness (QED) is 0.849. The van der Waals surface area contributed by atoms with Crippen molar-refractivity contribution < 1.29 is 4.79 Å². The third-order valence-corrected chi connectivity index (χ3v) is 4.19. The largest absolute Gasteiger partial charge is 0.350 e. The molecular formula is C12H21N5OS. The summed E-state index contributed by atoms with van der Waals surface area (Å²) >= 11 is 1.35. The number of rotatable bonds is 4. The molecule has 0 aliphatic carbocycles. The van der Waals surface area contributed by atoms with Crippen LogP contribution < -0.4 is 5.32 Å². The van der Waals surface area contributed by atoms with Crippen LogP contribution in [0.4, 0.5) is 0 Å². The molecule has 1 aliphatic heterocycles. The maximum atomic E-state index is 11.9. The molecular weight excluding hydrogens is 262 g/mol. The third-order valence-electron chi connectivity index (χ3n) is 3.37. The summed E-state index contributed by atoms with van der Waals surface area (Å²) in [7, 11) is 2.13. The lowest BCUT2D eigenvalue weighted by Gasteiger charge is -2.19. The maximum absolute atomic E-state index is 11.9. The van der Waals surface area contributed by atoms with E-state index in [9.17, 15) is 4.79 Å². The standard InChI is InChI=1S/C12H21N5OS/c1-10-11(19-15-14-10)8-13-12(18)9-17-5-3-4-16(2)6-7-17/h3-9H2,1-2H3,(H,13,18). The fourth-order valence-electron chi connectivity index (χ4n) is 2.11. The van der Waals surface area contributed by atoms with Gasteiger partial charge in [0, 0.05) is 13.1 Å². The van der Waals surface area contributed by atoms with Gasteiger partial charge in [0.05, 0.1) is 23.7 Å². The summed E-state index contributed by atoms with van der Waals surface area (Å²) in [5.74, 6) is 0.0809. The maximum Gasteiger partial charge on any atom is 0.234 e. The van der Waals surface area contributed by atoms with Crippen LogP contribution in [0.15, 0.2) is 0 Å².